The molecule has 4 heteroatoms. The van der Waals surface area contributed by atoms with Crippen LogP contribution in [0.25, 0.3) is 0 Å². The molecule has 1 atom stereocenters. The van der Waals surface area contributed by atoms with E-state index in [-0.39, 0.29) is 11.7 Å². The number of aliphatic carboxylic acids is 1. The third-order valence-corrected chi connectivity index (χ3v) is 3.55. The number of carboxylic acids is 1. The van der Waals surface area contributed by atoms with Gasteiger partial charge >= 0.3 is 5.97 Å². The zero-order valence-electron chi connectivity index (χ0n) is 11.1. The topological polar surface area (TPSA) is 46.5 Å². The van der Waals surface area contributed by atoms with Crippen LogP contribution in [0.5, 0.6) is 5.75 Å². The Bertz CT molecular complexity index is 384. The zero-order chi connectivity index (χ0) is 13.5. The molecule has 0 aliphatic heterocycles. The van der Waals surface area contributed by atoms with Crippen molar-refractivity contribution in [2.24, 2.45) is 0 Å². The SMILES string of the molecule is Cc1cc(C)cc(OCCSC(C)CC(=O)O)c1. The first kappa shape index (κ1) is 14.9. The van der Waals surface area contributed by atoms with Crippen LogP contribution in [0.4, 0.5) is 0 Å². The van der Waals surface area contributed by atoms with E-state index < -0.39 is 5.97 Å². The van der Waals surface area contributed by atoms with E-state index in [1.54, 1.807) is 11.8 Å². The molecule has 0 aliphatic rings. The van der Waals surface area contributed by atoms with Gasteiger partial charge in [0.15, 0.2) is 0 Å². The maximum Gasteiger partial charge on any atom is 0.304 e. The van der Waals surface area contributed by atoms with Crippen molar-refractivity contribution in [3.63, 3.8) is 0 Å². The first-order chi connectivity index (χ1) is 8.47. The van der Waals surface area contributed by atoms with Gasteiger partial charge in [-0.1, -0.05) is 13.0 Å². The predicted octanol–water partition coefficient (Wildman–Crippen LogP) is 3.28. The summed E-state index contributed by atoms with van der Waals surface area (Å²) in [7, 11) is 0. The van der Waals surface area contributed by atoms with E-state index in [1.807, 2.05) is 32.9 Å². The molecule has 1 aromatic rings. The number of ether oxygens (including phenoxy) is 1. The Kier molecular flexibility index (Phi) is 6.05. The van der Waals surface area contributed by atoms with E-state index in [2.05, 4.69) is 6.07 Å². The highest BCUT2D eigenvalue weighted by molar-refractivity contribution is 7.99. The van der Waals surface area contributed by atoms with Crippen LogP contribution in [-0.4, -0.2) is 28.7 Å². The first-order valence-electron chi connectivity index (χ1n) is 6.02. The summed E-state index contributed by atoms with van der Waals surface area (Å²) in [6.45, 7) is 6.63. The highest BCUT2D eigenvalue weighted by atomic mass is 32.2. The van der Waals surface area contributed by atoms with Gasteiger partial charge in [0.1, 0.15) is 5.75 Å². The van der Waals surface area contributed by atoms with Gasteiger partial charge in [-0.15, -0.1) is 0 Å². The second-order valence-corrected chi connectivity index (χ2v) is 6.00. The molecule has 18 heavy (non-hydrogen) atoms. The van der Waals surface area contributed by atoms with E-state index in [9.17, 15) is 4.79 Å². The van der Waals surface area contributed by atoms with Crippen LogP contribution in [0, 0.1) is 13.8 Å². The van der Waals surface area contributed by atoms with E-state index >= 15 is 0 Å². The summed E-state index contributed by atoms with van der Waals surface area (Å²) in [6.07, 6.45) is 0.203. The number of carbonyl (C=O) groups is 1. The van der Waals surface area contributed by atoms with Crippen molar-refractivity contribution in [1.29, 1.82) is 0 Å². The lowest BCUT2D eigenvalue weighted by atomic mass is 10.1. The lowest BCUT2D eigenvalue weighted by Gasteiger charge is -2.10. The summed E-state index contributed by atoms with van der Waals surface area (Å²) in [5.74, 6) is 0.950. The maximum absolute atomic E-state index is 10.5. The van der Waals surface area contributed by atoms with Crippen LogP contribution in [-0.2, 0) is 4.79 Å². The molecule has 0 amide bonds. The summed E-state index contributed by atoms with van der Waals surface area (Å²) >= 11 is 1.63. The second-order valence-electron chi connectivity index (χ2n) is 4.45. The van der Waals surface area contributed by atoms with Crippen molar-refractivity contribution in [1.82, 2.24) is 0 Å². The van der Waals surface area contributed by atoms with Gasteiger partial charge < -0.3 is 9.84 Å². The lowest BCUT2D eigenvalue weighted by Crippen LogP contribution is -2.09. The molecule has 1 unspecified atom stereocenters. The standard InChI is InChI=1S/C14H20O3S/c1-10-6-11(2)8-13(7-10)17-4-5-18-12(3)9-14(15)16/h6-8,12H,4-5,9H2,1-3H3,(H,15,16). The van der Waals surface area contributed by atoms with E-state index in [0.717, 1.165) is 11.5 Å². The molecule has 0 spiro atoms. The van der Waals surface area contributed by atoms with E-state index in [1.165, 1.54) is 11.1 Å². The molecule has 0 heterocycles. The van der Waals surface area contributed by atoms with Crippen molar-refractivity contribution < 1.29 is 14.6 Å². The molecule has 0 bridgehead atoms. The van der Waals surface area contributed by atoms with Crippen molar-refractivity contribution in [3.05, 3.63) is 29.3 Å². The fourth-order valence-electron chi connectivity index (χ4n) is 1.73. The van der Waals surface area contributed by atoms with Crippen LogP contribution in [0.15, 0.2) is 18.2 Å². The second kappa shape index (κ2) is 7.31. The Morgan fingerprint density at radius 3 is 2.50 bits per heavy atom. The Labute approximate surface area is 113 Å². The molecule has 1 N–H and O–H groups in total. The van der Waals surface area contributed by atoms with Gasteiger partial charge in [-0.25, -0.2) is 0 Å². The first-order valence-corrected chi connectivity index (χ1v) is 7.06. The van der Waals surface area contributed by atoms with Crippen LogP contribution >= 0.6 is 11.8 Å². The highest BCUT2D eigenvalue weighted by Gasteiger charge is 2.07. The highest BCUT2D eigenvalue weighted by Crippen LogP contribution is 2.18. The predicted molar refractivity (Wildman–Crippen MR) is 75.6 cm³/mol. The number of carboxylic acid groups (broad SMARTS) is 1. The molecule has 0 saturated carbocycles. The van der Waals surface area contributed by atoms with Gasteiger partial charge in [0.2, 0.25) is 0 Å². The van der Waals surface area contributed by atoms with Gasteiger partial charge in [-0.3, -0.25) is 4.79 Å². The average Bonchev–Trinajstić information content (AvgIpc) is 2.22. The van der Waals surface area contributed by atoms with Gasteiger partial charge in [0.05, 0.1) is 13.0 Å². The summed E-state index contributed by atoms with van der Waals surface area (Å²) in [5.41, 5.74) is 2.38. The smallest absolute Gasteiger partial charge is 0.304 e. The van der Waals surface area contributed by atoms with Crippen molar-refractivity contribution in [2.45, 2.75) is 32.4 Å². The maximum atomic E-state index is 10.5. The third-order valence-electron chi connectivity index (χ3n) is 2.41. The van der Waals surface area contributed by atoms with E-state index in [4.69, 9.17) is 9.84 Å². The number of thioether (sulfide) groups is 1. The number of hydrogen-bond donors (Lipinski definition) is 1. The van der Waals surface area contributed by atoms with Crippen LogP contribution < -0.4 is 4.74 Å². The fourth-order valence-corrected chi connectivity index (χ4v) is 2.57. The Morgan fingerprint density at radius 2 is 1.94 bits per heavy atom. The Balaban J connectivity index is 2.27. The molecule has 0 radical (unpaired) electrons. The molecular weight excluding hydrogens is 248 g/mol. The molecule has 0 fully saturated rings. The molecule has 3 nitrogen and oxygen atoms in total. The van der Waals surface area contributed by atoms with Crippen LogP contribution in [0.1, 0.15) is 24.5 Å². The van der Waals surface area contributed by atoms with Gasteiger partial charge in [-0.2, -0.15) is 11.8 Å². The minimum absolute atomic E-state index is 0.130. The normalized spacial score (nSPS) is 12.2. The van der Waals surface area contributed by atoms with Crippen molar-refractivity contribution >= 4 is 17.7 Å². The molecule has 1 aromatic carbocycles. The Hall–Kier alpha value is -1.16. The number of rotatable bonds is 7. The lowest BCUT2D eigenvalue weighted by molar-refractivity contribution is -0.136. The zero-order valence-corrected chi connectivity index (χ0v) is 11.9. The molecule has 0 aliphatic carbocycles. The van der Waals surface area contributed by atoms with Gasteiger partial charge in [-0.05, 0) is 37.1 Å². The number of benzene rings is 1. The molecule has 0 aromatic heterocycles. The minimum atomic E-state index is -0.745. The fraction of sp³-hybridized carbons (Fsp3) is 0.500. The summed E-state index contributed by atoms with van der Waals surface area (Å²) < 4.78 is 5.65. The molecule has 100 valence electrons. The average molecular weight is 268 g/mol. The minimum Gasteiger partial charge on any atom is -0.493 e. The van der Waals surface area contributed by atoms with E-state index in [0.29, 0.717) is 6.61 Å². The molecule has 0 saturated heterocycles. The van der Waals surface area contributed by atoms with Crippen molar-refractivity contribution in [2.75, 3.05) is 12.4 Å². The van der Waals surface area contributed by atoms with Crippen molar-refractivity contribution in [3.8, 4) is 5.75 Å². The molecule has 1 rings (SSSR count). The van der Waals surface area contributed by atoms with Crippen LogP contribution in [0.2, 0.25) is 0 Å². The summed E-state index contributed by atoms with van der Waals surface area (Å²) in [5, 5.41) is 8.76. The third kappa shape index (κ3) is 5.96. The summed E-state index contributed by atoms with van der Waals surface area (Å²) in [6, 6.07) is 6.13. The largest absolute Gasteiger partial charge is 0.493 e. The quantitative estimate of drug-likeness (QED) is 0.771. The number of aryl methyl sites for hydroxylation is 2. The Morgan fingerprint density at radius 1 is 1.33 bits per heavy atom. The summed E-state index contributed by atoms with van der Waals surface area (Å²) in [4.78, 5) is 10.5. The number of hydrogen-bond acceptors (Lipinski definition) is 3. The van der Waals surface area contributed by atoms with Crippen LogP contribution in [0.3, 0.4) is 0 Å². The molecular formula is C14H20O3S. The van der Waals surface area contributed by atoms with Gasteiger partial charge in [0, 0.05) is 11.0 Å². The van der Waals surface area contributed by atoms with Gasteiger partial charge in [0.25, 0.3) is 0 Å². The monoisotopic (exact) mass is 268 g/mol.